The summed E-state index contributed by atoms with van der Waals surface area (Å²) in [4.78, 5) is 27.6. The van der Waals surface area contributed by atoms with E-state index in [2.05, 4.69) is 5.32 Å². The highest BCUT2D eigenvalue weighted by molar-refractivity contribution is 7.15. The average Bonchev–Trinajstić information content (AvgIpc) is 3.32. The summed E-state index contributed by atoms with van der Waals surface area (Å²) < 4.78 is 5.49. The van der Waals surface area contributed by atoms with Crippen LogP contribution in [-0.2, 0) is 13.0 Å². The average molecular weight is 385 g/mol. The lowest BCUT2D eigenvalue weighted by Gasteiger charge is -2.29. The summed E-state index contributed by atoms with van der Waals surface area (Å²) in [5.41, 5.74) is 5.38. The number of nitrogens with one attached hydrogen (secondary N) is 2. The normalized spacial score (nSPS) is 16.5. The summed E-state index contributed by atoms with van der Waals surface area (Å²) in [6, 6.07) is 7.19. The number of amides is 3. The molecular formula is C19H19N3O4S. The van der Waals surface area contributed by atoms with Gasteiger partial charge in [-0.05, 0) is 47.9 Å². The van der Waals surface area contributed by atoms with Crippen molar-refractivity contribution in [3.8, 4) is 5.75 Å². The zero-order chi connectivity index (χ0) is 19.0. The number of benzene rings is 1. The van der Waals surface area contributed by atoms with Crippen LogP contribution >= 0.6 is 11.3 Å². The fourth-order valence-electron chi connectivity index (χ4n) is 3.36. The van der Waals surface area contributed by atoms with E-state index in [0.717, 1.165) is 39.4 Å². The summed E-state index contributed by atoms with van der Waals surface area (Å²) in [6.45, 7) is 3.45. The fraction of sp³-hybridized carbons (Fsp3) is 0.263. The van der Waals surface area contributed by atoms with E-state index in [1.807, 2.05) is 31.2 Å². The molecule has 0 radical (unpaired) electrons. The number of allylic oxidation sites excluding steroid dienone is 1. The van der Waals surface area contributed by atoms with Gasteiger partial charge in [0.25, 0.3) is 5.91 Å². The maximum Gasteiger partial charge on any atom is 0.322 e. The molecule has 2 aliphatic heterocycles. The zero-order valence-corrected chi connectivity index (χ0v) is 15.6. The minimum Gasteiger partial charge on any atom is -0.493 e. The first-order valence-electron chi connectivity index (χ1n) is 8.63. The molecule has 2 aliphatic rings. The number of fused-ring (bicyclic) bond motifs is 2. The molecule has 8 heteroatoms. The number of hydrogen-bond donors (Lipinski definition) is 3. The standard InChI is InChI=1S/C19H19N3O4S/c1-2-11-9-22(10-13-8-16(18(23)21-25)27-17(11)13)19(24)20-14-3-4-15-12(7-14)5-6-26-15/h2-4,7-8,25H,5-6,9-10H2,1H3,(H,20,24)(H,21,23)/b11-2-. The van der Waals surface area contributed by atoms with Crippen molar-refractivity contribution in [2.75, 3.05) is 18.5 Å². The van der Waals surface area contributed by atoms with Crippen molar-refractivity contribution in [1.82, 2.24) is 10.4 Å². The van der Waals surface area contributed by atoms with Crippen LogP contribution in [0.3, 0.4) is 0 Å². The van der Waals surface area contributed by atoms with Crippen molar-refractivity contribution < 1.29 is 19.5 Å². The van der Waals surface area contributed by atoms with Gasteiger partial charge in [0.05, 0.1) is 11.5 Å². The van der Waals surface area contributed by atoms with Gasteiger partial charge >= 0.3 is 6.03 Å². The van der Waals surface area contributed by atoms with E-state index in [1.165, 1.54) is 11.3 Å². The van der Waals surface area contributed by atoms with Crippen molar-refractivity contribution in [2.45, 2.75) is 19.9 Å². The van der Waals surface area contributed by atoms with E-state index < -0.39 is 5.91 Å². The summed E-state index contributed by atoms with van der Waals surface area (Å²) in [7, 11) is 0. The second-order valence-electron chi connectivity index (χ2n) is 6.43. The molecule has 0 saturated carbocycles. The smallest absolute Gasteiger partial charge is 0.322 e. The quantitative estimate of drug-likeness (QED) is 0.547. The molecule has 7 nitrogen and oxygen atoms in total. The van der Waals surface area contributed by atoms with Crippen molar-refractivity contribution in [3.05, 3.63) is 51.2 Å². The molecule has 27 heavy (non-hydrogen) atoms. The van der Waals surface area contributed by atoms with Crippen molar-refractivity contribution in [3.63, 3.8) is 0 Å². The Hall–Kier alpha value is -2.84. The van der Waals surface area contributed by atoms with Gasteiger partial charge in [0.1, 0.15) is 5.75 Å². The second kappa shape index (κ2) is 7.05. The predicted octanol–water partition coefficient (Wildman–Crippen LogP) is 3.25. The van der Waals surface area contributed by atoms with Gasteiger partial charge in [0, 0.05) is 30.1 Å². The van der Waals surface area contributed by atoms with Crippen molar-refractivity contribution >= 4 is 34.5 Å². The Labute approximate surface area is 160 Å². The van der Waals surface area contributed by atoms with Crippen LogP contribution in [0.1, 0.15) is 32.6 Å². The molecule has 3 heterocycles. The van der Waals surface area contributed by atoms with Crippen molar-refractivity contribution in [1.29, 1.82) is 0 Å². The number of hydroxylamine groups is 1. The first-order chi connectivity index (χ1) is 13.1. The number of anilines is 1. The summed E-state index contributed by atoms with van der Waals surface area (Å²) in [5, 5.41) is 11.8. The minimum atomic E-state index is -0.541. The van der Waals surface area contributed by atoms with E-state index in [1.54, 1.807) is 16.4 Å². The summed E-state index contributed by atoms with van der Waals surface area (Å²) in [6.07, 6.45) is 2.79. The SMILES string of the molecule is C/C=C1/CN(C(=O)Nc2ccc3c(c2)CCO3)Cc2cc(C(=O)NO)sc21. The van der Waals surface area contributed by atoms with Crippen LogP contribution in [-0.4, -0.2) is 35.2 Å². The molecule has 0 unspecified atom stereocenters. The zero-order valence-electron chi connectivity index (χ0n) is 14.7. The van der Waals surface area contributed by atoms with Gasteiger partial charge in [-0.15, -0.1) is 11.3 Å². The van der Waals surface area contributed by atoms with E-state index in [9.17, 15) is 9.59 Å². The van der Waals surface area contributed by atoms with Gasteiger partial charge in [-0.25, -0.2) is 10.3 Å². The second-order valence-corrected chi connectivity index (χ2v) is 7.48. The topological polar surface area (TPSA) is 90.9 Å². The Balaban J connectivity index is 1.53. The van der Waals surface area contributed by atoms with Crippen molar-refractivity contribution in [2.24, 2.45) is 0 Å². The lowest BCUT2D eigenvalue weighted by atomic mass is 10.0. The van der Waals surface area contributed by atoms with Gasteiger partial charge in [-0.3, -0.25) is 10.0 Å². The van der Waals surface area contributed by atoms with Gasteiger partial charge in [-0.2, -0.15) is 0 Å². The van der Waals surface area contributed by atoms with Gasteiger partial charge in [0.2, 0.25) is 0 Å². The third-order valence-corrected chi connectivity index (χ3v) is 5.98. The van der Waals surface area contributed by atoms with Crippen LogP contribution in [0.4, 0.5) is 10.5 Å². The van der Waals surface area contributed by atoms with Gasteiger partial charge < -0.3 is 15.0 Å². The molecule has 1 aromatic carbocycles. The highest BCUT2D eigenvalue weighted by Gasteiger charge is 2.27. The number of ether oxygens (including phenoxy) is 1. The maximum absolute atomic E-state index is 12.8. The summed E-state index contributed by atoms with van der Waals surface area (Å²) in [5.74, 6) is 0.334. The number of nitrogens with zero attached hydrogens (tertiary/aromatic N) is 1. The first-order valence-corrected chi connectivity index (χ1v) is 9.45. The minimum absolute atomic E-state index is 0.196. The molecule has 0 fully saturated rings. The highest BCUT2D eigenvalue weighted by Crippen LogP contribution is 2.35. The Kier molecular flexibility index (Phi) is 4.59. The van der Waals surface area contributed by atoms with Crippen LogP contribution in [0.25, 0.3) is 5.57 Å². The van der Waals surface area contributed by atoms with Crippen LogP contribution in [0.5, 0.6) is 5.75 Å². The number of carbonyl (C=O) groups is 2. The molecule has 0 bridgehead atoms. The Morgan fingerprint density at radius 2 is 2.11 bits per heavy atom. The molecule has 1 aromatic heterocycles. The largest absolute Gasteiger partial charge is 0.493 e. The Morgan fingerprint density at radius 3 is 2.89 bits per heavy atom. The molecule has 3 amide bonds. The monoisotopic (exact) mass is 385 g/mol. The molecule has 140 valence electrons. The highest BCUT2D eigenvalue weighted by atomic mass is 32.1. The van der Waals surface area contributed by atoms with Crippen LogP contribution in [0.15, 0.2) is 30.3 Å². The van der Waals surface area contributed by atoms with Crippen LogP contribution in [0.2, 0.25) is 0 Å². The van der Waals surface area contributed by atoms with Crippen LogP contribution in [0, 0.1) is 0 Å². The Bertz CT molecular complexity index is 950. The number of thiophene rings is 1. The molecule has 0 spiro atoms. The first kappa shape index (κ1) is 17.6. The molecule has 4 rings (SSSR count). The number of rotatable bonds is 2. The molecule has 0 atom stereocenters. The van der Waals surface area contributed by atoms with Gasteiger partial charge in [-0.1, -0.05) is 6.08 Å². The molecule has 0 aliphatic carbocycles. The lowest BCUT2D eigenvalue weighted by molar-refractivity contribution is 0.0711. The van der Waals surface area contributed by atoms with E-state index in [-0.39, 0.29) is 6.03 Å². The fourth-order valence-corrected chi connectivity index (χ4v) is 4.48. The van der Waals surface area contributed by atoms with E-state index in [4.69, 9.17) is 9.94 Å². The molecule has 0 saturated heterocycles. The number of urea groups is 1. The number of carbonyl (C=O) groups excluding carboxylic acids is 2. The summed E-state index contributed by atoms with van der Waals surface area (Å²) >= 11 is 1.32. The maximum atomic E-state index is 12.8. The van der Waals surface area contributed by atoms with Crippen LogP contribution < -0.4 is 15.5 Å². The third kappa shape index (κ3) is 3.29. The number of hydrogen-bond acceptors (Lipinski definition) is 5. The van der Waals surface area contributed by atoms with E-state index >= 15 is 0 Å². The molecule has 3 N–H and O–H groups in total. The molecule has 2 aromatic rings. The third-order valence-electron chi connectivity index (χ3n) is 4.72. The van der Waals surface area contributed by atoms with E-state index in [0.29, 0.717) is 24.6 Å². The lowest BCUT2D eigenvalue weighted by Crippen LogP contribution is -2.38. The van der Waals surface area contributed by atoms with Gasteiger partial charge in [0.15, 0.2) is 0 Å². The Morgan fingerprint density at radius 1 is 1.26 bits per heavy atom. The predicted molar refractivity (Wildman–Crippen MR) is 102 cm³/mol. The molecular weight excluding hydrogens is 366 g/mol.